The number of quaternary nitrogens is 1. The zero-order chi connectivity index (χ0) is 22.0. The predicted octanol–water partition coefficient (Wildman–Crippen LogP) is 6.89. The number of pyridine rings is 1. The minimum absolute atomic E-state index is 0.0744. The normalized spacial score (nSPS) is 31.2. The predicted molar refractivity (Wildman–Crippen MR) is 132 cm³/mol. The quantitative estimate of drug-likeness (QED) is 0.435. The van der Waals surface area contributed by atoms with Crippen LogP contribution in [-0.4, -0.2) is 25.2 Å². The largest absolute Gasteiger partial charge is 0.318 e. The van der Waals surface area contributed by atoms with Crippen LogP contribution in [0.1, 0.15) is 46.1 Å². The molecule has 3 heteroatoms. The molecule has 2 aromatic carbocycles. The number of nitrogens with zero attached hydrogens (tertiary/aromatic N) is 3. The second-order valence-electron chi connectivity index (χ2n) is 9.96. The number of fused-ring (bicyclic) bond motifs is 5. The Morgan fingerprint density at radius 3 is 2.35 bits per heavy atom. The lowest BCUT2D eigenvalue weighted by Crippen LogP contribution is -2.69. The molecule has 0 spiro atoms. The van der Waals surface area contributed by atoms with Gasteiger partial charge in [0.15, 0.2) is 6.17 Å². The summed E-state index contributed by atoms with van der Waals surface area (Å²) >= 11 is 0. The highest BCUT2D eigenvalue weighted by Crippen LogP contribution is 2.65. The van der Waals surface area contributed by atoms with Gasteiger partial charge in [0.1, 0.15) is 11.4 Å². The molecule has 0 amide bonds. The van der Waals surface area contributed by atoms with E-state index in [-0.39, 0.29) is 10.8 Å². The van der Waals surface area contributed by atoms with Crippen LogP contribution in [0.4, 0.5) is 17.2 Å². The molecule has 0 radical (unpaired) electrons. The van der Waals surface area contributed by atoms with Crippen molar-refractivity contribution in [2.45, 2.75) is 52.1 Å². The fourth-order valence-corrected chi connectivity index (χ4v) is 6.81. The van der Waals surface area contributed by atoms with Crippen molar-refractivity contribution < 1.29 is 0 Å². The Bertz CT molecular complexity index is 1140. The molecule has 3 aromatic rings. The Labute approximate surface area is 186 Å². The summed E-state index contributed by atoms with van der Waals surface area (Å²) in [4.78, 5) is 7.48. The van der Waals surface area contributed by atoms with Crippen LogP contribution in [0.3, 0.4) is 0 Å². The zero-order valence-corrected chi connectivity index (χ0v) is 19.7. The lowest BCUT2D eigenvalue weighted by molar-refractivity contribution is 0.0321. The molecular weight excluding hydrogens is 378 g/mol. The Morgan fingerprint density at radius 1 is 0.935 bits per heavy atom. The average molecular weight is 413 g/mol. The molecule has 160 valence electrons. The Morgan fingerprint density at radius 2 is 1.68 bits per heavy atom. The molecule has 0 saturated carbocycles. The van der Waals surface area contributed by atoms with Gasteiger partial charge >= 0.3 is 0 Å². The third-order valence-corrected chi connectivity index (χ3v) is 8.91. The van der Waals surface area contributed by atoms with Crippen LogP contribution in [-0.2, 0) is 5.41 Å². The van der Waals surface area contributed by atoms with Gasteiger partial charge in [-0.05, 0) is 36.1 Å². The number of hydrogen-bond acceptors (Lipinski definition) is 2. The van der Waals surface area contributed by atoms with Crippen LogP contribution >= 0.6 is 0 Å². The summed E-state index contributed by atoms with van der Waals surface area (Å²) in [6.45, 7) is 9.73. The lowest BCUT2D eigenvalue weighted by Gasteiger charge is -2.59. The van der Waals surface area contributed by atoms with E-state index in [4.69, 9.17) is 4.98 Å². The number of rotatable bonds is 3. The van der Waals surface area contributed by atoms with Gasteiger partial charge in [-0.1, -0.05) is 70.2 Å². The maximum atomic E-state index is 4.97. The molecule has 2 aliphatic rings. The standard InChI is InChI=1S/C28H34N3/c1-7-27(3)22-17-16-21(20-13-10-9-11-14-20)19-24(22)31(6)25-23(15-12-18-29-25)30(5)26(31)28(27,4)8-2/h9-19,26H,7-8H2,1-6H3/q+1. The summed E-state index contributed by atoms with van der Waals surface area (Å²) < 4.78 is 0.739. The SMILES string of the molecule is CCC1(C)c2ccc(-c3ccccc3)cc2[N+]2(C)c3ncccc3N(C)C2C1(C)CC. The van der Waals surface area contributed by atoms with E-state index in [0.29, 0.717) is 6.17 Å². The lowest BCUT2D eigenvalue weighted by atomic mass is 9.54. The van der Waals surface area contributed by atoms with Gasteiger partial charge in [-0.25, -0.2) is 9.47 Å². The van der Waals surface area contributed by atoms with Crippen molar-refractivity contribution >= 4 is 17.2 Å². The van der Waals surface area contributed by atoms with Crippen molar-refractivity contribution in [2.75, 3.05) is 19.0 Å². The Hall–Kier alpha value is -2.65. The molecule has 4 unspecified atom stereocenters. The van der Waals surface area contributed by atoms with E-state index in [2.05, 4.69) is 107 Å². The molecule has 0 saturated heterocycles. The third-order valence-electron chi connectivity index (χ3n) is 8.91. The smallest absolute Gasteiger partial charge is 0.258 e. The first-order valence-corrected chi connectivity index (χ1v) is 11.6. The van der Waals surface area contributed by atoms with E-state index >= 15 is 0 Å². The maximum Gasteiger partial charge on any atom is 0.258 e. The molecular formula is C28H34N3+. The summed E-state index contributed by atoms with van der Waals surface area (Å²) in [6.07, 6.45) is 4.48. The summed E-state index contributed by atoms with van der Waals surface area (Å²) in [5.74, 6) is 1.17. The molecule has 0 aliphatic carbocycles. The molecule has 2 aliphatic heterocycles. The molecule has 3 heterocycles. The summed E-state index contributed by atoms with van der Waals surface area (Å²) in [5.41, 5.74) is 6.84. The van der Waals surface area contributed by atoms with Gasteiger partial charge in [0.05, 0.1) is 7.05 Å². The molecule has 31 heavy (non-hydrogen) atoms. The third kappa shape index (κ3) is 2.36. The van der Waals surface area contributed by atoms with Gasteiger partial charge in [-0.2, -0.15) is 0 Å². The van der Waals surface area contributed by atoms with Crippen LogP contribution in [0.5, 0.6) is 0 Å². The summed E-state index contributed by atoms with van der Waals surface area (Å²) in [5, 5.41) is 0. The molecule has 0 fully saturated rings. The maximum absolute atomic E-state index is 4.97. The topological polar surface area (TPSA) is 16.1 Å². The van der Waals surface area contributed by atoms with E-state index in [1.54, 1.807) is 0 Å². The van der Waals surface area contributed by atoms with Gasteiger partial charge in [0.2, 0.25) is 0 Å². The van der Waals surface area contributed by atoms with Gasteiger partial charge < -0.3 is 4.90 Å². The first-order chi connectivity index (χ1) is 14.8. The number of benzene rings is 2. The van der Waals surface area contributed by atoms with Gasteiger partial charge in [-0.3, -0.25) is 0 Å². The summed E-state index contributed by atoms with van der Waals surface area (Å²) in [7, 11) is 4.65. The minimum Gasteiger partial charge on any atom is -0.318 e. The fourth-order valence-electron chi connectivity index (χ4n) is 6.81. The van der Waals surface area contributed by atoms with Gasteiger partial charge in [-0.15, -0.1) is 0 Å². The van der Waals surface area contributed by atoms with Crippen LogP contribution < -0.4 is 9.38 Å². The number of anilines is 1. The molecule has 5 rings (SSSR count). The van der Waals surface area contributed by atoms with Crippen molar-refractivity contribution in [3.05, 3.63) is 72.4 Å². The highest BCUT2D eigenvalue weighted by atomic mass is 15.6. The van der Waals surface area contributed by atoms with E-state index in [1.807, 2.05) is 6.20 Å². The van der Waals surface area contributed by atoms with Crippen LogP contribution in [0.25, 0.3) is 11.1 Å². The monoisotopic (exact) mass is 412 g/mol. The summed E-state index contributed by atoms with van der Waals surface area (Å²) in [6, 6.07) is 22.2. The van der Waals surface area contributed by atoms with E-state index in [1.165, 1.54) is 33.9 Å². The highest BCUT2D eigenvalue weighted by molar-refractivity contribution is 5.82. The van der Waals surface area contributed by atoms with Gasteiger partial charge in [0, 0.05) is 35.7 Å². The number of hydrogen-bond donors (Lipinski definition) is 0. The molecule has 1 aromatic heterocycles. The molecule has 4 atom stereocenters. The van der Waals surface area contributed by atoms with Crippen LogP contribution in [0.2, 0.25) is 0 Å². The fraction of sp³-hybridized carbons (Fsp3) is 0.393. The van der Waals surface area contributed by atoms with Crippen molar-refractivity contribution in [1.29, 1.82) is 0 Å². The second kappa shape index (κ2) is 6.67. The Kier molecular flexibility index (Phi) is 4.36. The van der Waals surface area contributed by atoms with Crippen molar-refractivity contribution in [2.24, 2.45) is 5.41 Å². The van der Waals surface area contributed by atoms with Gasteiger partial charge in [0.25, 0.3) is 5.82 Å². The van der Waals surface area contributed by atoms with Crippen LogP contribution in [0.15, 0.2) is 66.9 Å². The zero-order valence-electron chi connectivity index (χ0n) is 19.7. The van der Waals surface area contributed by atoms with E-state index in [0.717, 1.165) is 17.3 Å². The number of aromatic nitrogens is 1. The Balaban J connectivity index is 1.87. The van der Waals surface area contributed by atoms with E-state index in [9.17, 15) is 0 Å². The molecule has 0 N–H and O–H groups in total. The van der Waals surface area contributed by atoms with Crippen molar-refractivity contribution in [3.8, 4) is 11.1 Å². The first kappa shape index (κ1) is 20.3. The minimum atomic E-state index is 0.0744. The average Bonchev–Trinajstić information content (AvgIpc) is 3.06. The highest BCUT2D eigenvalue weighted by Gasteiger charge is 2.67. The van der Waals surface area contributed by atoms with Crippen molar-refractivity contribution in [1.82, 2.24) is 9.47 Å². The molecule has 0 bridgehead atoms. The first-order valence-electron chi connectivity index (χ1n) is 11.6. The second-order valence-corrected chi connectivity index (χ2v) is 9.96. The molecule has 3 nitrogen and oxygen atoms in total. The van der Waals surface area contributed by atoms with Crippen molar-refractivity contribution in [3.63, 3.8) is 0 Å². The van der Waals surface area contributed by atoms with Crippen LogP contribution in [0, 0.1) is 5.41 Å². The van der Waals surface area contributed by atoms with E-state index < -0.39 is 0 Å².